The van der Waals surface area contributed by atoms with E-state index in [0.29, 0.717) is 18.8 Å². The summed E-state index contributed by atoms with van der Waals surface area (Å²) in [5.41, 5.74) is 0.386. The number of carbonyl (C=O) groups excluding carboxylic acids is 1. The third-order valence-electron chi connectivity index (χ3n) is 5.23. The molecule has 9 nitrogen and oxygen atoms in total. The standard InChI is InChI=1S/C20H23N3O6S2/c1-14-20(24)21-18-13-16(8-9-19(18)29-14)30(25,26)22-15-6-5-7-17(12-15)31(27,28)23-10-3-2-4-11-23/h5-9,12-14,22H,2-4,10-11H2,1H3,(H,21,24)/t14-/m0/s1. The van der Waals surface area contributed by atoms with Gasteiger partial charge in [-0.3, -0.25) is 9.52 Å². The summed E-state index contributed by atoms with van der Waals surface area (Å²) in [4.78, 5) is 11.8. The van der Waals surface area contributed by atoms with Crippen molar-refractivity contribution in [2.24, 2.45) is 0 Å². The van der Waals surface area contributed by atoms with E-state index in [2.05, 4.69) is 10.0 Å². The Morgan fingerprint density at radius 2 is 1.74 bits per heavy atom. The molecule has 0 spiro atoms. The highest BCUT2D eigenvalue weighted by molar-refractivity contribution is 7.92. The van der Waals surface area contributed by atoms with Crippen LogP contribution in [0.3, 0.4) is 0 Å². The Balaban J connectivity index is 1.59. The third-order valence-corrected chi connectivity index (χ3v) is 8.50. The molecule has 0 unspecified atom stereocenters. The molecule has 166 valence electrons. The number of anilines is 2. The van der Waals surface area contributed by atoms with E-state index in [1.807, 2.05) is 0 Å². The molecule has 0 aromatic heterocycles. The highest BCUT2D eigenvalue weighted by atomic mass is 32.2. The van der Waals surface area contributed by atoms with E-state index in [0.717, 1.165) is 19.3 Å². The number of nitrogens with one attached hydrogen (secondary N) is 2. The zero-order chi connectivity index (χ0) is 22.2. The molecule has 2 aromatic rings. The molecule has 0 aliphatic carbocycles. The summed E-state index contributed by atoms with van der Waals surface area (Å²) in [6, 6.07) is 9.88. The zero-order valence-corrected chi connectivity index (χ0v) is 18.5. The van der Waals surface area contributed by atoms with E-state index in [9.17, 15) is 21.6 Å². The molecular formula is C20H23N3O6S2. The Kier molecular flexibility index (Phi) is 5.67. The van der Waals surface area contributed by atoms with Crippen molar-refractivity contribution < 1.29 is 26.4 Å². The quantitative estimate of drug-likeness (QED) is 0.699. The first-order chi connectivity index (χ1) is 14.7. The maximum absolute atomic E-state index is 12.9. The summed E-state index contributed by atoms with van der Waals surface area (Å²) in [6.45, 7) is 2.51. The number of hydrogen-bond acceptors (Lipinski definition) is 6. The fourth-order valence-electron chi connectivity index (χ4n) is 3.54. The van der Waals surface area contributed by atoms with Crippen LogP contribution >= 0.6 is 0 Å². The van der Waals surface area contributed by atoms with Crippen molar-refractivity contribution in [3.63, 3.8) is 0 Å². The molecule has 2 aromatic carbocycles. The Bertz CT molecular complexity index is 1220. The first kappa shape index (κ1) is 21.6. The van der Waals surface area contributed by atoms with Crippen molar-refractivity contribution >= 4 is 37.3 Å². The normalized spacial score (nSPS) is 19.8. The zero-order valence-electron chi connectivity index (χ0n) is 16.9. The van der Waals surface area contributed by atoms with E-state index >= 15 is 0 Å². The van der Waals surface area contributed by atoms with Crippen LogP contribution in [0, 0.1) is 0 Å². The van der Waals surface area contributed by atoms with Crippen LogP contribution in [-0.4, -0.2) is 46.2 Å². The molecule has 1 fully saturated rings. The van der Waals surface area contributed by atoms with Gasteiger partial charge in [0.1, 0.15) is 5.75 Å². The lowest BCUT2D eigenvalue weighted by molar-refractivity contribution is -0.122. The average molecular weight is 466 g/mol. The van der Waals surface area contributed by atoms with E-state index in [-0.39, 0.29) is 27.1 Å². The van der Waals surface area contributed by atoms with E-state index in [1.165, 1.54) is 46.8 Å². The molecule has 0 radical (unpaired) electrons. The molecule has 0 saturated carbocycles. The van der Waals surface area contributed by atoms with Crippen molar-refractivity contribution in [1.29, 1.82) is 0 Å². The highest BCUT2D eigenvalue weighted by Gasteiger charge is 2.28. The number of benzene rings is 2. The smallest absolute Gasteiger partial charge is 0.265 e. The minimum Gasteiger partial charge on any atom is -0.479 e. The van der Waals surface area contributed by atoms with Crippen molar-refractivity contribution in [2.45, 2.75) is 42.1 Å². The second-order valence-corrected chi connectivity index (χ2v) is 11.1. The fraction of sp³-hybridized carbons (Fsp3) is 0.350. The molecule has 0 bridgehead atoms. The lowest BCUT2D eigenvalue weighted by Gasteiger charge is -2.26. The van der Waals surface area contributed by atoms with Gasteiger partial charge in [-0.25, -0.2) is 16.8 Å². The first-order valence-corrected chi connectivity index (χ1v) is 12.8. The SMILES string of the molecule is C[C@@H]1Oc2ccc(S(=O)(=O)Nc3cccc(S(=O)(=O)N4CCCCC4)c3)cc2NC1=O. The van der Waals surface area contributed by atoms with Gasteiger partial charge in [0.05, 0.1) is 21.2 Å². The number of rotatable bonds is 5. The van der Waals surface area contributed by atoms with Gasteiger partial charge in [-0.15, -0.1) is 0 Å². The maximum atomic E-state index is 12.9. The van der Waals surface area contributed by atoms with E-state index in [4.69, 9.17) is 4.74 Å². The van der Waals surface area contributed by atoms with Gasteiger partial charge in [0.2, 0.25) is 10.0 Å². The van der Waals surface area contributed by atoms with Crippen LogP contribution in [0.15, 0.2) is 52.3 Å². The van der Waals surface area contributed by atoms with Gasteiger partial charge >= 0.3 is 0 Å². The average Bonchev–Trinajstić information content (AvgIpc) is 2.75. The number of fused-ring (bicyclic) bond motifs is 1. The summed E-state index contributed by atoms with van der Waals surface area (Å²) < 4.78 is 60.8. The number of nitrogens with zero attached hydrogens (tertiary/aromatic N) is 1. The van der Waals surface area contributed by atoms with Gasteiger partial charge in [-0.1, -0.05) is 12.5 Å². The van der Waals surface area contributed by atoms with Crippen LogP contribution in [0.2, 0.25) is 0 Å². The van der Waals surface area contributed by atoms with E-state index in [1.54, 1.807) is 6.92 Å². The minimum absolute atomic E-state index is 0.0368. The van der Waals surface area contributed by atoms with Gasteiger partial charge in [0.25, 0.3) is 15.9 Å². The summed E-state index contributed by atoms with van der Waals surface area (Å²) in [5, 5.41) is 2.61. The molecule has 1 amide bonds. The lowest BCUT2D eigenvalue weighted by Crippen LogP contribution is -2.35. The van der Waals surface area contributed by atoms with Gasteiger partial charge in [-0.05, 0) is 56.2 Å². The topological polar surface area (TPSA) is 122 Å². The van der Waals surface area contributed by atoms with Crippen LogP contribution in [0.1, 0.15) is 26.2 Å². The predicted molar refractivity (Wildman–Crippen MR) is 115 cm³/mol. The number of carbonyl (C=O) groups is 1. The fourth-order valence-corrected chi connectivity index (χ4v) is 6.18. The molecule has 2 aliphatic heterocycles. The van der Waals surface area contributed by atoms with Crippen molar-refractivity contribution in [1.82, 2.24) is 4.31 Å². The summed E-state index contributed by atoms with van der Waals surface area (Å²) in [6.07, 6.45) is 1.95. The van der Waals surface area contributed by atoms with Crippen molar-refractivity contribution in [3.8, 4) is 5.75 Å². The summed E-state index contributed by atoms with van der Waals surface area (Å²) >= 11 is 0. The number of sulfonamides is 2. The number of piperidine rings is 1. The Morgan fingerprint density at radius 1 is 1.00 bits per heavy atom. The number of amides is 1. The molecule has 2 heterocycles. The van der Waals surface area contributed by atoms with Crippen molar-refractivity contribution in [3.05, 3.63) is 42.5 Å². The molecule has 31 heavy (non-hydrogen) atoms. The van der Waals surface area contributed by atoms with Crippen LogP contribution in [0.4, 0.5) is 11.4 Å². The Hall–Kier alpha value is -2.63. The molecular weight excluding hydrogens is 442 g/mol. The van der Waals surface area contributed by atoms with Gasteiger partial charge in [-0.2, -0.15) is 4.31 Å². The molecule has 2 aliphatic rings. The van der Waals surface area contributed by atoms with Crippen LogP contribution < -0.4 is 14.8 Å². The van der Waals surface area contributed by atoms with Crippen LogP contribution in [0.5, 0.6) is 5.75 Å². The molecule has 1 saturated heterocycles. The maximum Gasteiger partial charge on any atom is 0.265 e. The number of hydrogen-bond donors (Lipinski definition) is 2. The second kappa shape index (κ2) is 8.13. The number of ether oxygens (including phenoxy) is 1. The predicted octanol–water partition coefficient (Wildman–Crippen LogP) is 2.38. The largest absolute Gasteiger partial charge is 0.479 e. The Morgan fingerprint density at radius 3 is 2.48 bits per heavy atom. The van der Waals surface area contributed by atoms with Gasteiger partial charge in [0, 0.05) is 13.1 Å². The Labute approximate surface area is 181 Å². The van der Waals surface area contributed by atoms with Gasteiger partial charge in [0.15, 0.2) is 6.10 Å². The molecule has 1 atom stereocenters. The first-order valence-electron chi connectivity index (χ1n) is 9.91. The summed E-state index contributed by atoms with van der Waals surface area (Å²) in [7, 11) is -7.72. The van der Waals surface area contributed by atoms with Crippen LogP contribution in [-0.2, 0) is 24.8 Å². The summed E-state index contributed by atoms with van der Waals surface area (Å²) in [5.74, 6) is 0.00583. The molecule has 4 rings (SSSR count). The minimum atomic E-state index is -4.03. The lowest BCUT2D eigenvalue weighted by atomic mass is 10.2. The van der Waals surface area contributed by atoms with Crippen molar-refractivity contribution in [2.75, 3.05) is 23.1 Å². The second-order valence-electron chi connectivity index (χ2n) is 7.51. The highest BCUT2D eigenvalue weighted by Crippen LogP contribution is 2.32. The molecule has 11 heteroatoms. The monoisotopic (exact) mass is 465 g/mol. The van der Waals surface area contributed by atoms with E-state index < -0.39 is 26.2 Å². The molecule has 2 N–H and O–H groups in total. The van der Waals surface area contributed by atoms with Crippen LogP contribution in [0.25, 0.3) is 0 Å². The van der Waals surface area contributed by atoms with Gasteiger partial charge < -0.3 is 10.1 Å². The third kappa shape index (κ3) is 4.39.